The van der Waals surface area contributed by atoms with Crippen molar-refractivity contribution in [3.8, 4) is 33.6 Å². The van der Waals surface area contributed by atoms with Crippen molar-refractivity contribution < 1.29 is 0 Å². The lowest BCUT2D eigenvalue weighted by Crippen LogP contribution is -1.95. The standard InChI is InChI=1S/C24H18Br2N2/c1-15-5-3-11-27-23(15)21-13-17(25)7-9-19(21)20-10-8-18(26)14-22(20)24-16(2)6-4-12-28-24/h3-14H,1-2H3. The molecule has 2 aromatic carbocycles. The second-order valence-corrected chi connectivity index (χ2v) is 8.55. The molecule has 4 aromatic rings. The predicted octanol–water partition coefficient (Wildman–Crippen LogP) is 7.62. The minimum atomic E-state index is 0.991. The van der Waals surface area contributed by atoms with Crippen LogP contribution in [-0.2, 0) is 0 Å². The third-order valence-electron chi connectivity index (χ3n) is 4.78. The van der Waals surface area contributed by atoms with Gasteiger partial charge in [0.1, 0.15) is 0 Å². The van der Waals surface area contributed by atoms with E-state index in [2.05, 4.69) is 104 Å². The molecule has 0 saturated carbocycles. The molecule has 0 radical (unpaired) electrons. The molecule has 0 atom stereocenters. The van der Waals surface area contributed by atoms with Crippen LogP contribution in [0.25, 0.3) is 33.6 Å². The Bertz CT molecular complexity index is 1080. The van der Waals surface area contributed by atoms with E-state index in [4.69, 9.17) is 0 Å². The van der Waals surface area contributed by atoms with Gasteiger partial charge in [-0.3, -0.25) is 9.97 Å². The minimum absolute atomic E-state index is 0.991. The maximum absolute atomic E-state index is 4.67. The number of hydrogen-bond donors (Lipinski definition) is 0. The lowest BCUT2D eigenvalue weighted by Gasteiger charge is -2.16. The summed E-state index contributed by atoms with van der Waals surface area (Å²) in [6.07, 6.45) is 3.69. The van der Waals surface area contributed by atoms with Gasteiger partial charge in [0.15, 0.2) is 0 Å². The number of rotatable bonds is 3. The van der Waals surface area contributed by atoms with E-state index in [1.54, 1.807) is 0 Å². The Morgan fingerprint density at radius 1 is 0.571 bits per heavy atom. The first-order valence-electron chi connectivity index (χ1n) is 8.98. The van der Waals surface area contributed by atoms with Crippen molar-refractivity contribution in [1.29, 1.82) is 0 Å². The van der Waals surface area contributed by atoms with Gasteiger partial charge in [0, 0.05) is 32.5 Å². The highest BCUT2D eigenvalue weighted by Crippen LogP contribution is 2.40. The molecule has 0 spiro atoms. The van der Waals surface area contributed by atoms with E-state index in [9.17, 15) is 0 Å². The molecule has 4 heteroatoms. The van der Waals surface area contributed by atoms with Crippen LogP contribution in [0.2, 0.25) is 0 Å². The number of aryl methyl sites for hydroxylation is 2. The monoisotopic (exact) mass is 492 g/mol. The summed E-state index contributed by atoms with van der Waals surface area (Å²) in [6, 6.07) is 20.9. The Balaban J connectivity index is 2.02. The van der Waals surface area contributed by atoms with Crippen LogP contribution in [0.15, 0.2) is 82.0 Å². The van der Waals surface area contributed by atoms with Crippen molar-refractivity contribution in [2.45, 2.75) is 13.8 Å². The summed E-state index contributed by atoms with van der Waals surface area (Å²) >= 11 is 7.26. The zero-order valence-electron chi connectivity index (χ0n) is 15.6. The molecule has 0 aliphatic rings. The Kier molecular flexibility index (Phi) is 5.42. The van der Waals surface area contributed by atoms with E-state index >= 15 is 0 Å². The van der Waals surface area contributed by atoms with Crippen molar-refractivity contribution in [2.75, 3.05) is 0 Å². The third-order valence-corrected chi connectivity index (χ3v) is 5.77. The Labute approximate surface area is 182 Å². The molecular formula is C24H18Br2N2. The lowest BCUT2D eigenvalue weighted by atomic mass is 9.90. The van der Waals surface area contributed by atoms with Gasteiger partial charge in [-0.05, 0) is 72.5 Å². The van der Waals surface area contributed by atoms with Gasteiger partial charge in [-0.2, -0.15) is 0 Å². The van der Waals surface area contributed by atoms with E-state index < -0.39 is 0 Å². The van der Waals surface area contributed by atoms with E-state index in [0.717, 1.165) is 53.7 Å². The topological polar surface area (TPSA) is 25.8 Å². The van der Waals surface area contributed by atoms with Gasteiger partial charge < -0.3 is 0 Å². The molecule has 0 aliphatic carbocycles. The quantitative estimate of drug-likeness (QED) is 0.293. The molecule has 0 saturated heterocycles. The summed E-state index contributed by atoms with van der Waals surface area (Å²) in [5.74, 6) is 0. The van der Waals surface area contributed by atoms with E-state index in [1.807, 2.05) is 24.5 Å². The molecule has 138 valence electrons. The number of halogens is 2. The fourth-order valence-corrected chi connectivity index (χ4v) is 4.15. The zero-order valence-corrected chi connectivity index (χ0v) is 18.8. The summed E-state index contributed by atoms with van der Waals surface area (Å²) in [6.45, 7) is 4.19. The smallest absolute Gasteiger partial charge is 0.0737 e. The van der Waals surface area contributed by atoms with Crippen molar-refractivity contribution >= 4 is 31.9 Å². The maximum Gasteiger partial charge on any atom is 0.0737 e. The van der Waals surface area contributed by atoms with Crippen LogP contribution in [0.5, 0.6) is 0 Å². The van der Waals surface area contributed by atoms with Gasteiger partial charge in [-0.25, -0.2) is 0 Å². The average Bonchev–Trinajstić information content (AvgIpc) is 2.69. The number of hydrogen-bond acceptors (Lipinski definition) is 2. The zero-order chi connectivity index (χ0) is 19.7. The van der Waals surface area contributed by atoms with Crippen LogP contribution in [0.1, 0.15) is 11.1 Å². The predicted molar refractivity (Wildman–Crippen MR) is 123 cm³/mol. The molecule has 28 heavy (non-hydrogen) atoms. The van der Waals surface area contributed by atoms with E-state index in [-0.39, 0.29) is 0 Å². The number of benzene rings is 2. The first kappa shape index (κ1) is 19.0. The summed E-state index contributed by atoms with van der Waals surface area (Å²) in [7, 11) is 0. The second-order valence-electron chi connectivity index (χ2n) is 6.72. The molecule has 0 fully saturated rings. The maximum atomic E-state index is 4.67. The molecule has 2 nitrogen and oxygen atoms in total. The minimum Gasteiger partial charge on any atom is -0.256 e. The summed E-state index contributed by atoms with van der Waals surface area (Å²) < 4.78 is 2.06. The summed E-state index contributed by atoms with van der Waals surface area (Å²) in [4.78, 5) is 9.34. The Hall–Kier alpha value is -2.30. The van der Waals surface area contributed by atoms with Gasteiger partial charge in [0.2, 0.25) is 0 Å². The normalized spacial score (nSPS) is 10.9. The summed E-state index contributed by atoms with van der Waals surface area (Å²) in [5.41, 5.74) is 8.75. The van der Waals surface area contributed by atoms with Crippen LogP contribution in [0.4, 0.5) is 0 Å². The van der Waals surface area contributed by atoms with Gasteiger partial charge in [-0.1, -0.05) is 56.1 Å². The Morgan fingerprint density at radius 3 is 1.39 bits per heavy atom. The SMILES string of the molecule is Cc1cccnc1-c1cc(Br)ccc1-c1ccc(Br)cc1-c1ncccc1C. The van der Waals surface area contributed by atoms with Crippen molar-refractivity contribution in [3.63, 3.8) is 0 Å². The molecule has 2 aromatic heterocycles. The molecule has 0 bridgehead atoms. The van der Waals surface area contributed by atoms with Crippen LogP contribution in [0.3, 0.4) is 0 Å². The van der Waals surface area contributed by atoms with Crippen LogP contribution < -0.4 is 0 Å². The van der Waals surface area contributed by atoms with Gasteiger partial charge in [-0.15, -0.1) is 0 Å². The van der Waals surface area contributed by atoms with Crippen molar-refractivity contribution in [2.24, 2.45) is 0 Å². The highest BCUT2D eigenvalue weighted by atomic mass is 79.9. The largest absolute Gasteiger partial charge is 0.256 e. The Morgan fingerprint density at radius 2 is 1.00 bits per heavy atom. The van der Waals surface area contributed by atoms with E-state index in [1.165, 1.54) is 0 Å². The molecule has 0 amide bonds. The van der Waals surface area contributed by atoms with Crippen molar-refractivity contribution in [1.82, 2.24) is 9.97 Å². The number of aromatic nitrogens is 2. The van der Waals surface area contributed by atoms with Gasteiger partial charge >= 0.3 is 0 Å². The molecule has 0 N–H and O–H groups in total. The van der Waals surface area contributed by atoms with Crippen LogP contribution in [0, 0.1) is 13.8 Å². The van der Waals surface area contributed by atoms with Crippen LogP contribution in [-0.4, -0.2) is 9.97 Å². The van der Waals surface area contributed by atoms with Gasteiger partial charge in [0.25, 0.3) is 0 Å². The van der Waals surface area contributed by atoms with Crippen LogP contribution >= 0.6 is 31.9 Å². The fourth-order valence-electron chi connectivity index (χ4n) is 3.43. The first-order valence-corrected chi connectivity index (χ1v) is 10.6. The fraction of sp³-hybridized carbons (Fsp3) is 0.0833. The van der Waals surface area contributed by atoms with E-state index in [0.29, 0.717) is 0 Å². The second kappa shape index (κ2) is 7.98. The van der Waals surface area contributed by atoms with Gasteiger partial charge in [0.05, 0.1) is 11.4 Å². The molecular weight excluding hydrogens is 476 g/mol. The molecule has 4 rings (SSSR count). The highest BCUT2D eigenvalue weighted by Gasteiger charge is 2.17. The number of nitrogens with zero attached hydrogens (tertiary/aromatic N) is 2. The first-order chi connectivity index (χ1) is 13.5. The molecule has 2 heterocycles. The molecule has 0 unspecified atom stereocenters. The van der Waals surface area contributed by atoms with Crippen molar-refractivity contribution in [3.05, 3.63) is 93.1 Å². The highest BCUT2D eigenvalue weighted by molar-refractivity contribution is 9.10. The molecule has 0 aliphatic heterocycles. The third kappa shape index (κ3) is 3.67. The summed E-state index contributed by atoms with van der Waals surface area (Å²) in [5, 5.41) is 0. The average molecular weight is 494 g/mol. The number of pyridine rings is 2. The lowest BCUT2D eigenvalue weighted by molar-refractivity contribution is 1.26.